The monoisotopic (exact) mass is 289 g/mol. The minimum atomic E-state index is 0.0902. The van der Waals surface area contributed by atoms with Crippen molar-refractivity contribution in [3.63, 3.8) is 0 Å². The second-order valence-corrected chi connectivity index (χ2v) is 6.48. The lowest BCUT2D eigenvalue weighted by Gasteiger charge is -2.45. The predicted molar refractivity (Wildman–Crippen MR) is 84.5 cm³/mol. The highest BCUT2D eigenvalue weighted by Crippen LogP contribution is 2.38. The van der Waals surface area contributed by atoms with Crippen molar-refractivity contribution < 1.29 is 9.47 Å². The molecule has 2 saturated heterocycles. The summed E-state index contributed by atoms with van der Waals surface area (Å²) in [5, 5.41) is 3.56. The molecule has 0 saturated carbocycles. The largest absolute Gasteiger partial charge is 0.381 e. The van der Waals surface area contributed by atoms with Gasteiger partial charge < -0.3 is 14.8 Å². The molecule has 2 aliphatic heterocycles. The molecule has 0 aromatic heterocycles. The van der Waals surface area contributed by atoms with E-state index in [0.717, 1.165) is 39.1 Å². The summed E-state index contributed by atoms with van der Waals surface area (Å²) in [4.78, 5) is 0. The molecule has 116 valence electrons. The minimum Gasteiger partial charge on any atom is -0.381 e. The van der Waals surface area contributed by atoms with Crippen LogP contribution in [0.25, 0.3) is 0 Å². The molecule has 0 amide bonds. The lowest BCUT2D eigenvalue weighted by molar-refractivity contribution is -0.149. The first-order valence-corrected chi connectivity index (χ1v) is 8.24. The van der Waals surface area contributed by atoms with Crippen molar-refractivity contribution in [2.45, 2.75) is 43.7 Å². The molecule has 2 aliphatic rings. The number of nitrogens with one attached hydrogen (secondary N) is 1. The van der Waals surface area contributed by atoms with Crippen LogP contribution in [0.1, 0.15) is 31.2 Å². The molecular weight excluding hydrogens is 262 g/mol. The highest BCUT2D eigenvalue weighted by atomic mass is 16.5. The molecule has 1 aromatic rings. The van der Waals surface area contributed by atoms with E-state index in [-0.39, 0.29) is 5.60 Å². The maximum atomic E-state index is 6.17. The molecule has 0 aliphatic carbocycles. The summed E-state index contributed by atoms with van der Waals surface area (Å²) in [5.41, 5.74) is 1.51. The Kier molecular flexibility index (Phi) is 4.94. The van der Waals surface area contributed by atoms with Crippen LogP contribution in [-0.2, 0) is 15.9 Å². The van der Waals surface area contributed by atoms with Gasteiger partial charge >= 0.3 is 0 Å². The fourth-order valence-corrected chi connectivity index (χ4v) is 3.87. The molecule has 1 spiro atoms. The summed E-state index contributed by atoms with van der Waals surface area (Å²) in [5.74, 6) is 0.696. The third-order valence-corrected chi connectivity index (χ3v) is 5.17. The van der Waals surface area contributed by atoms with E-state index in [1.54, 1.807) is 0 Å². The lowest BCUT2D eigenvalue weighted by Crippen LogP contribution is -2.49. The summed E-state index contributed by atoms with van der Waals surface area (Å²) >= 11 is 0. The topological polar surface area (TPSA) is 30.5 Å². The van der Waals surface area contributed by atoms with E-state index in [0.29, 0.717) is 12.0 Å². The van der Waals surface area contributed by atoms with Gasteiger partial charge in [0.2, 0.25) is 0 Å². The Bertz CT molecular complexity index is 423. The van der Waals surface area contributed by atoms with Crippen LogP contribution in [0.2, 0.25) is 0 Å². The minimum absolute atomic E-state index is 0.0902. The van der Waals surface area contributed by atoms with Crippen LogP contribution in [0.5, 0.6) is 0 Å². The van der Waals surface area contributed by atoms with Crippen LogP contribution in [0.3, 0.4) is 0 Å². The van der Waals surface area contributed by atoms with Crippen LogP contribution in [0, 0.1) is 5.92 Å². The average molecular weight is 289 g/mol. The van der Waals surface area contributed by atoms with Crippen molar-refractivity contribution in [2.75, 3.05) is 26.9 Å². The number of ether oxygens (including phenoxy) is 2. The molecule has 2 unspecified atom stereocenters. The van der Waals surface area contributed by atoms with Gasteiger partial charge in [0, 0.05) is 25.9 Å². The first-order valence-electron chi connectivity index (χ1n) is 8.24. The molecule has 3 nitrogen and oxygen atoms in total. The third-order valence-electron chi connectivity index (χ3n) is 5.17. The molecule has 2 fully saturated rings. The second-order valence-electron chi connectivity index (χ2n) is 6.48. The Morgan fingerprint density at radius 2 is 1.95 bits per heavy atom. The van der Waals surface area contributed by atoms with E-state index in [2.05, 4.69) is 42.7 Å². The van der Waals surface area contributed by atoms with Gasteiger partial charge in [-0.3, -0.25) is 0 Å². The summed E-state index contributed by atoms with van der Waals surface area (Å²) < 4.78 is 11.7. The van der Waals surface area contributed by atoms with E-state index < -0.39 is 0 Å². The predicted octanol–water partition coefficient (Wildman–Crippen LogP) is 2.79. The first-order chi connectivity index (χ1) is 10.3. The zero-order chi connectivity index (χ0) is 14.5. The van der Waals surface area contributed by atoms with Gasteiger partial charge in [-0.05, 0) is 50.6 Å². The Morgan fingerprint density at radius 1 is 1.19 bits per heavy atom. The van der Waals surface area contributed by atoms with Crippen molar-refractivity contribution in [1.82, 2.24) is 5.32 Å². The Labute approximate surface area is 128 Å². The molecule has 21 heavy (non-hydrogen) atoms. The molecule has 3 heteroatoms. The number of hydrogen-bond donors (Lipinski definition) is 1. The summed E-state index contributed by atoms with van der Waals surface area (Å²) in [6.07, 6.45) is 5.57. The number of hydrogen-bond acceptors (Lipinski definition) is 3. The summed E-state index contributed by atoms with van der Waals surface area (Å²) in [6, 6.07) is 11.3. The zero-order valence-electron chi connectivity index (χ0n) is 13.0. The molecule has 1 aromatic carbocycles. The Hall–Kier alpha value is -0.900. The fourth-order valence-electron chi connectivity index (χ4n) is 3.87. The first kappa shape index (κ1) is 15.0. The van der Waals surface area contributed by atoms with E-state index in [4.69, 9.17) is 9.47 Å². The van der Waals surface area contributed by atoms with Crippen molar-refractivity contribution >= 4 is 0 Å². The summed E-state index contributed by atoms with van der Waals surface area (Å²) in [7, 11) is 2.10. The average Bonchev–Trinajstić information content (AvgIpc) is 2.54. The number of benzene rings is 1. The number of rotatable bonds is 4. The van der Waals surface area contributed by atoms with E-state index in [9.17, 15) is 0 Å². The van der Waals surface area contributed by atoms with Gasteiger partial charge in [-0.15, -0.1) is 0 Å². The second kappa shape index (κ2) is 6.91. The lowest BCUT2D eigenvalue weighted by atomic mass is 9.76. The molecule has 2 atom stereocenters. The van der Waals surface area contributed by atoms with Crippen LogP contribution < -0.4 is 5.32 Å². The third kappa shape index (κ3) is 3.65. The van der Waals surface area contributed by atoms with Gasteiger partial charge in [-0.1, -0.05) is 30.3 Å². The highest BCUT2D eigenvalue weighted by molar-refractivity contribution is 5.16. The van der Waals surface area contributed by atoms with Gasteiger partial charge in [0.05, 0.1) is 5.60 Å². The molecule has 0 bridgehead atoms. The zero-order valence-corrected chi connectivity index (χ0v) is 13.0. The van der Waals surface area contributed by atoms with Crippen LogP contribution >= 0.6 is 0 Å². The molecular formula is C18H27NO2. The van der Waals surface area contributed by atoms with Crippen molar-refractivity contribution in [3.8, 4) is 0 Å². The molecule has 0 radical (unpaired) electrons. The Morgan fingerprint density at radius 3 is 2.67 bits per heavy atom. The van der Waals surface area contributed by atoms with Gasteiger partial charge in [-0.2, -0.15) is 0 Å². The van der Waals surface area contributed by atoms with E-state index in [1.807, 2.05) is 0 Å². The van der Waals surface area contributed by atoms with Gasteiger partial charge in [0.25, 0.3) is 0 Å². The molecule has 3 rings (SSSR count). The van der Waals surface area contributed by atoms with Crippen molar-refractivity contribution in [2.24, 2.45) is 5.92 Å². The Balaban J connectivity index is 1.65. The quantitative estimate of drug-likeness (QED) is 0.924. The standard InChI is InChI=1S/C18H27NO2/c1-19-17(13-15-5-3-2-4-6-15)16-7-10-21-18(14-16)8-11-20-12-9-18/h2-6,16-17,19H,7-14H2,1H3. The van der Waals surface area contributed by atoms with Gasteiger partial charge in [-0.25, -0.2) is 0 Å². The highest BCUT2D eigenvalue weighted by Gasteiger charge is 2.40. The summed E-state index contributed by atoms with van der Waals surface area (Å²) in [6.45, 7) is 2.61. The number of likely N-dealkylation sites (N-methyl/N-ethyl adjacent to an activating group) is 1. The smallest absolute Gasteiger partial charge is 0.0729 e. The fraction of sp³-hybridized carbons (Fsp3) is 0.667. The maximum absolute atomic E-state index is 6.17. The van der Waals surface area contributed by atoms with Crippen LogP contribution in [-0.4, -0.2) is 38.5 Å². The van der Waals surface area contributed by atoms with Crippen molar-refractivity contribution in [3.05, 3.63) is 35.9 Å². The van der Waals surface area contributed by atoms with Crippen LogP contribution in [0.4, 0.5) is 0 Å². The maximum Gasteiger partial charge on any atom is 0.0729 e. The normalized spacial score (nSPS) is 26.6. The van der Waals surface area contributed by atoms with Crippen LogP contribution in [0.15, 0.2) is 30.3 Å². The van der Waals surface area contributed by atoms with E-state index in [1.165, 1.54) is 18.4 Å². The van der Waals surface area contributed by atoms with Gasteiger partial charge in [0.1, 0.15) is 0 Å². The SMILES string of the molecule is CNC(Cc1ccccc1)C1CCOC2(CCOCC2)C1. The molecule has 1 N–H and O–H groups in total. The molecule has 2 heterocycles. The van der Waals surface area contributed by atoms with Crippen molar-refractivity contribution in [1.29, 1.82) is 0 Å². The van der Waals surface area contributed by atoms with E-state index >= 15 is 0 Å². The van der Waals surface area contributed by atoms with Gasteiger partial charge in [0.15, 0.2) is 0 Å².